The maximum atomic E-state index is 5.18. The lowest BCUT2D eigenvalue weighted by Gasteiger charge is -2.06. The van der Waals surface area contributed by atoms with E-state index < -0.39 is 0 Å². The zero-order valence-electron chi connectivity index (χ0n) is 10.2. The average molecular weight is 231 g/mol. The van der Waals surface area contributed by atoms with Crippen LogP contribution < -0.4 is 10.1 Å². The highest BCUT2D eigenvalue weighted by Crippen LogP contribution is 2.12. The fourth-order valence-electron chi connectivity index (χ4n) is 1.67. The maximum Gasteiger partial charge on any atom is 0.122 e. The normalized spacial score (nSPS) is 10.5. The van der Waals surface area contributed by atoms with E-state index in [4.69, 9.17) is 4.74 Å². The summed E-state index contributed by atoms with van der Waals surface area (Å²) in [5.74, 6) is 1.93. The molecule has 4 nitrogen and oxygen atoms in total. The highest BCUT2D eigenvalue weighted by atomic mass is 16.5. The third kappa shape index (κ3) is 3.07. The van der Waals surface area contributed by atoms with E-state index in [-0.39, 0.29) is 0 Å². The molecule has 0 amide bonds. The van der Waals surface area contributed by atoms with Gasteiger partial charge in [-0.2, -0.15) is 0 Å². The van der Waals surface area contributed by atoms with Crippen LogP contribution >= 0.6 is 0 Å². The Kier molecular flexibility index (Phi) is 3.77. The van der Waals surface area contributed by atoms with Gasteiger partial charge in [-0.1, -0.05) is 12.1 Å². The lowest BCUT2D eigenvalue weighted by molar-refractivity contribution is 0.414. The number of ether oxygens (including phenoxy) is 1. The van der Waals surface area contributed by atoms with E-state index in [0.29, 0.717) is 0 Å². The van der Waals surface area contributed by atoms with E-state index in [1.54, 1.807) is 7.11 Å². The second-order valence-corrected chi connectivity index (χ2v) is 3.91. The van der Waals surface area contributed by atoms with Crippen molar-refractivity contribution in [1.29, 1.82) is 0 Å². The van der Waals surface area contributed by atoms with Crippen LogP contribution in [-0.2, 0) is 20.1 Å². The van der Waals surface area contributed by atoms with Gasteiger partial charge in [-0.3, -0.25) is 0 Å². The smallest absolute Gasteiger partial charge is 0.122 e. The molecule has 4 heteroatoms. The molecule has 0 radical (unpaired) electrons. The lowest BCUT2D eigenvalue weighted by atomic mass is 10.2. The summed E-state index contributed by atoms with van der Waals surface area (Å²) in [6.45, 7) is 1.57. The van der Waals surface area contributed by atoms with Crippen LogP contribution in [-0.4, -0.2) is 16.7 Å². The number of aryl methyl sites for hydroxylation is 1. The predicted molar refractivity (Wildman–Crippen MR) is 66.7 cm³/mol. The van der Waals surface area contributed by atoms with Crippen LogP contribution in [0.25, 0.3) is 0 Å². The number of hydrogen-bond acceptors (Lipinski definition) is 3. The van der Waals surface area contributed by atoms with Gasteiger partial charge in [0.25, 0.3) is 0 Å². The van der Waals surface area contributed by atoms with Gasteiger partial charge in [-0.05, 0) is 17.7 Å². The monoisotopic (exact) mass is 231 g/mol. The summed E-state index contributed by atoms with van der Waals surface area (Å²) in [6.07, 6.45) is 3.76. The standard InChI is InChI=1S/C13H17N3O/c1-16-7-6-15-13(16)10-14-9-11-4-3-5-12(8-11)17-2/h3-8,14H,9-10H2,1-2H3. The van der Waals surface area contributed by atoms with E-state index in [2.05, 4.69) is 16.4 Å². The van der Waals surface area contributed by atoms with Gasteiger partial charge in [0.05, 0.1) is 13.7 Å². The van der Waals surface area contributed by atoms with Crippen LogP contribution in [0.4, 0.5) is 0 Å². The molecule has 0 fully saturated rings. The number of hydrogen-bond donors (Lipinski definition) is 1. The molecule has 0 aliphatic rings. The minimum atomic E-state index is 0.765. The molecule has 0 spiro atoms. The van der Waals surface area contributed by atoms with E-state index in [1.165, 1.54) is 5.56 Å². The van der Waals surface area contributed by atoms with Gasteiger partial charge in [0.2, 0.25) is 0 Å². The first-order chi connectivity index (χ1) is 8.29. The molecule has 2 aromatic rings. The van der Waals surface area contributed by atoms with Crippen molar-refractivity contribution in [3.05, 3.63) is 48.0 Å². The van der Waals surface area contributed by atoms with Crippen LogP contribution in [0.2, 0.25) is 0 Å². The average Bonchev–Trinajstić information content (AvgIpc) is 2.76. The second-order valence-electron chi connectivity index (χ2n) is 3.91. The highest BCUT2D eigenvalue weighted by molar-refractivity contribution is 5.28. The lowest BCUT2D eigenvalue weighted by Crippen LogP contribution is -2.15. The summed E-state index contributed by atoms with van der Waals surface area (Å²) >= 11 is 0. The molecule has 17 heavy (non-hydrogen) atoms. The highest BCUT2D eigenvalue weighted by Gasteiger charge is 1.99. The third-order valence-corrected chi connectivity index (χ3v) is 2.67. The molecule has 0 atom stereocenters. The Morgan fingerprint density at radius 2 is 2.24 bits per heavy atom. The summed E-state index contributed by atoms with van der Waals surface area (Å²) in [4.78, 5) is 4.26. The van der Waals surface area contributed by atoms with E-state index >= 15 is 0 Å². The fourth-order valence-corrected chi connectivity index (χ4v) is 1.67. The first-order valence-corrected chi connectivity index (χ1v) is 5.59. The van der Waals surface area contributed by atoms with Crippen molar-refractivity contribution < 1.29 is 4.74 Å². The summed E-state index contributed by atoms with van der Waals surface area (Å²) < 4.78 is 7.19. The van der Waals surface area contributed by atoms with Crippen molar-refractivity contribution in [3.63, 3.8) is 0 Å². The molecule has 1 N–H and O–H groups in total. The summed E-state index contributed by atoms with van der Waals surface area (Å²) in [7, 11) is 3.68. The number of rotatable bonds is 5. The van der Waals surface area contributed by atoms with Gasteiger partial charge in [0.15, 0.2) is 0 Å². The predicted octanol–water partition coefficient (Wildman–Crippen LogP) is 1.72. The number of imidazole rings is 1. The molecule has 0 aliphatic heterocycles. The van der Waals surface area contributed by atoms with Crippen molar-refractivity contribution in [1.82, 2.24) is 14.9 Å². The van der Waals surface area contributed by atoms with Crippen LogP contribution in [0.5, 0.6) is 5.75 Å². The van der Waals surface area contributed by atoms with E-state index in [0.717, 1.165) is 24.7 Å². The Morgan fingerprint density at radius 3 is 2.94 bits per heavy atom. The Morgan fingerprint density at radius 1 is 1.35 bits per heavy atom. The quantitative estimate of drug-likeness (QED) is 0.851. The molecule has 0 bridgehead atoms. The van der Waals surface area contributed by atoms with E-state index in [9.17, 15) is 0 Å². The van der Waals surface area contributed by atoms with Crippen LogP contribution in [0.1, 0.15) is 11.4 Å². The Labute approximate surface area is 101 Å². The van der Waals surface area contributed by atoms with Crippen LogP contribution in [0.3, 0.4) is 0 Å². The van der Waals surface area contributed by atoms with Gasteiger partial charge in [-0.15, -0.1) is 0 Å². The van der Waals surface area contributed by atoms with Crippen molar-refractivity contribution >= 4 is 0 Å². The molecular formula is C13H17N3O. The molecule has 0 unspecified atom stereocenters. The number of nitrogens with one attached hydrogen (secondary N) is 1. The zero-order chi connectivity index (χ0) is 12.1. The molecule has 2 rings (SSSR count). The summed E-state index contributed by atoms with van der Waals surface area (Å²) in [5, 5.41) is 3.36. The van der Waals surface area contributed by atoms with Gasteiger partial charge in [-0.25, -0.2) is 4.98 Å². The Bertz CT molecular complexity index is 479. The zero-order valence-corrected chi connectivity index (χ0v) is 10.2. The van der Waals surface area contributed by atoms with Crippen molar-refractivity contribution in [2.45, 2.75) is 13.1 Å². The molecule has 0 saturated heterocycles. The number of aromatic nitrogens is 2. The molecule has 0 aliphatic carbocycles. The van der Waals surface area contributed by atoms with Crippen molar-refractivity contribution in [2.75, 3.05) is 7.11 Å². The minimum absolute atomic E-state index is 0.765. The molecule has 90 valence electrons. The maximum absolute atomic E-state index is 5.18. The first kappa shape index (κ1) is 11.7. The number of benzene rings is 1. The van der Waals surface area contributed by atoms with Gasteiger partial charge >= 0.3 is 0 Å². The topological polar surface area (TPSA) is 39.1 Å². The SMILES string of the molecule is COc1cccc(CNCc2nccn2C)c1. The summed E-state index contributed by atoms with van der Waals surface area (Å²) in [5.41, 5.74) is 1.21. The van der Waals surface area contributed by atoms with Crippen LogP contribution in [0, 0.1) is 0 Å². The minimum Gasteiger partial charge on any atom is -0.497 e. The molecule has 1 heterocycles. The fraction of sp³-hybridized carbons (Fsp3) is 0.308. The van der Waals surface area contributed by atoms with E-state index in [1.807, 2.05) is 42.2 Å². The van der Waals surface area contributed by atoms with Crippen molar-refractivity contribution in [3.8, 4) is 5.75 Å². The van der Waals surface area contributed by atoms with Crippen molar-refractivity contribution in [2.24, 2.45) is 7.05 Å². The van der Waals surface area contributed by atoms with Gasteiger partial charge in [0, 0.05) is 26.0 Å². The second kappa shape index (κ2) is 5.50. The number of methoxy groups -OCH3 is 1. The molecule has 0 saturated carbocycles. The molecular weight excluding hydrogens is 214 g/mol. The summed E-state index contributed by atoms with van der Waals surface area (Å²) in [6, 6.07) is 8.05. The number of nitrogens with zero attached hydrogens (tertiary/aromatic N) is 2. The Hall–Kier alpha value is -1.81. The largest absolute Gasteiger partial charge is 0.497 e. The van der Waals surface area contributed by atoms with Gasteiger partial charge in [0.1, 0.15) is 11.6 Å². The Balaban J connectivity index is 1.87. The first-order valence-electron chi connectivity index (χ1n) is 5.59. The molecule has 1 aromatic heterocycles. The molecule has 1 aromatic carbocycles. The van der Waals surface area contributed by atoms with Crippen LogP contribution in [0.15, 0.2) is 36.7 Å². The third-order valence-electron chi connectivity index (χ3n) is 2.67. The van der Waals surface area contributed by atoms with Gasteiger partial charge < -0.3 is 14.6 Å².